The predicted molar refractivity (Wildman–Crippen MR) is 67.8 cm³/mol. The van der Waals surface area contributed by atoms with E-state index in [2.05, 4.69) is 6.58 Å². The Kier molecular flexibility index (Phi) is 3.82. The lowest BCUT2D eigenvalue weighted by molar-refractivity contribution is -0.219. The van der Waals surface area contributed by atoms with Gasteiger partial charge >= 0.3 is 0 Å². The van der Waals surface area contributed by atoms with E-state index in [1.807, 2.05) is 24.3 Å². The normalized spacial score (nSPS) is 36.3. The summed E-state index contributed by atoms with van der Waals surface area (Å²) in [6.45, 7) is 5.34. The first-order valence-corrected chi connectivity index (χ1v) is 5.96. The van der Waals surface area contributed by atoms with E-state index < -0.39 is 30.5 Å². The zero-order chi connectivity index (χ0) is 13.3. The van der Waals surface area contributed by atoms with E-state index in [0.29, 0.717) is 0 Å². The molecule has 2 rings (SSSR count). The summed E-state index contributed by atoms with van der Waals surface area (Å²) in [6, 6.07) is 7.37. The molecule has 98 valence electrons. The Morgan fingerprint density at radius 1 is 1.06 bits per heavy atom. The van der Waals surface area contributed by atoms with Gasteiger partial charge in [-0.05, 0) is 18.1 Å². The molecule has 0 spiro atoms. The lowest BCUT2D eigenvalue weighted by Crippen LogP contribution is -2.53. The van der Waals surface area contributed by atoms with Gasteiger partial charge in [-0.1, -0.05) is 36.9 Å². The Morgan fingerprint density at radius 3 is 2.22 bits per heavy atom. The van der Waals surface area contributed by atoms with Crippen LogP contribution >= 0.6 is 0 Å². The minimum absolute atomic E-state index is 0.521. The minimum Gasteiger partial charge on any atom is -0.388 e. The highest BCUT2D eigenvalue weighted by Gasteiger charge is 2.42. The minimum atomic E-state index is -1.20. The highest BCUT2D eigenvalue weighted by molar-refractivity contribution is 5.47. The van der Waals surface area contributed by atoms with Crippen LogP contribution in [0, 0.1) is 0 Å². The fraction of sp³-hybridized carbons (Fsp3) is 0.429. The van der Waals surface area contributed by atoms with Crippen LogP contribution in [0.5, 0.6) is 0 Å². The number of benzene rings is 1. The molecule has 0 radical (unpaired) electrons. The fourth-order valence-corrected chi connectivity index (χ4v) is 2.15. The largest absolute Gasteiger partial charge is 0.388 e. The lowest BCUT2D eigenvalue weighted by atomic mass is 9.91. The first kappa shape index (κ1) is 13.2. The van der Waals surface area contributed by atoms with Gasteiger partial charge in [-0.25, -0.2) is 0 Å². The molecule has 4 nitrogen and oxygen atoms in total. The molecule has 1 aliphatic heterocycles. The maximum atomic E-state index is 9.95. The van der Waals surface area contributed by atoms with Crippen LogP contribution in [-0.2, 0) is 4.74 Å². The Balaban J connectivity index is 2.23. The molecule has 0 aromatic heterocycles. The van der Waals surface area contributed by atoms with Crippen molar-refractivity contribution in [2.24, 2.45) is 0 Å². The van der Waals surface area contributed by atoms with E-state index in [-0.39, 0.29) is 0 Å². The van der Waals surface area contributed by atoms with Crippen molar-refractivity contribution >= 4 is 6.08 Å². The second-order valence-corrected chi connectivity index (χ2v) is 4.60. The smallest absolute Gasteiger partial charge is 0.113 e. The van der Waals surface area contributed by atoms with Gasteiger partial charge in [0.25, 0.3) is 0 Å². The van der Waals surface area contributed by atoms with E-state index in [1.54, 1.807) is 13.0 Å². The molecule has 1 aromatic rings. The van der Waals surface area contributed by atoms with Crippen LogP contribution in [0.25, 0.3) is 6.08 Å². The van der Waals surface area contributed by atoms with Crippen molar-refractivity contribution in [3.63, 3.8) is 0 Å². The third-order valence-corrected chi connectivity index (χ3v) is 3.35. The van der Waals surface area contributed by atoms with Crippen LogP contribution in [0.15, 0.2) is 30.8 Å². The zero-order valence-electron chi connectivity index (χ0n) is 10.2. The van der Waals surface area contributed by atoms with Gasteiger partial charge in [0.15, 0.2) is 0 Å². The molecule has 1 aliphatic rings. The number of ether oxygens (including phenoxy) is 1. The molecule has 1 unspecified atom stereocenters. The van der Waals surface area contributed by atoms with Crippen LogP contribution in [0.3, 0.4) is 0 Å². The SMILES string of the molecule is C=Cc1ccc(C2O[C@@H](C)[C@H](O)[C@@H](O)[C@H]2O)cc1. The molecule has 4 heteroatoms. The molecule has 1 saturated heterocycles. The molecule has 1 aromatic carbocycles. The second kappa shape index (κ2) is 5.20. The van der Waals surface area contributed by atoms with E-state index in [1.165, 1.54) is 0 Å². The second-order valence-electron chi connectivity index (χ2n) is 4.60. The average Bonchev–Trinajstić information content (AvgIpc) is 2.41. The summed E-state index contributed by atoms with van der Waals surface area (Å²) in [5, 5.41) is 29.3. The van der Waals surface area contributed by atoms with Crippen molar-refractivity contribution in [3.05, 3.63) is 42.0 Å². The van der Waals surface area contributed by atoms with E-state index in [4.69, 9.17) is 4.74 Å². The van der Waals surface area contributed by atoms with Gasteiger partial charge in [0, 0.05) is 0 Å². The maximum absolute atomic E-state index is 9.95. The van der Waals surface area contributed by atoms with E-state index in [9.17, 15) is 15.3 Å². The van der Waals surface area contributed by atoms with E-state index in [0.717, 1.165) is 11.1 Å². The fourth-order valence-electron chi connectivity index (χ4n) is 2.15. The summed E-state index contributed by atoms with van der Waals surface area (Å²) in [7, 11) is 0. The van der Waals surface area contributed by atoms with Crippen molar-refractivity contribution in [1.82, 2.24) is 0 Å². The first-order chi connectivity index (χ1) is 8.54. The van der Waals surface area contributed by atoms with Crippen LogP contribution in [0.4, 0.5) is 0 Å². The van der Waals surface area contributed by atoms with Crippen molar-refractivity contribution in [2.45, 2.75) is 37.4 Å². The molecule has 0 aliphatic carbocycles. The topological polar surface area (TPSA) is 69.9 Å². The molecule has 5 atom stereocenters. The highest BCUT2D eigenvalue weighted by atomic mass is 16.5. The van der Waals surface area contributed by atoms with Gasteiger partial charge in [-0.3, -0.25) is 0 Å². The molecule has 3 N–H and O–H groups in total. The summed E-state index contributed by atoms with van der Waals surface area (Å²) in [6.07, 6.45) is -2.82. The number of rotatable bonds is 2. The number of hydrogen-bond acceptors (Lipinski definition) is 4. The predicted octanol–water partition coefficient (Wildman–Crippen LogP) is 0.872. The number of aliphatic hydroxyl groups is 3. The van der Waals surface area contributed by atoms with Gasteiger partial charge in [-0.2, -0.15) is 0 Å². The Bertz CT molecular complexity index is 414. The standard InChI is InChI=1S/C14H18O4/c1-3-9-4-6-10(7-5-9)14-13(17)12(16)11(15)8(2)18-14/h3-8,11-17H,1H2,2H3/t8-,11-,12+,13+,14?/m0/s1. The highest BCUT2D eigenvalue weighted by Crippen LogP contribution is 2.32. The third kappa shape index (κ3) is 2.33. The monoisotopic (exact) mass is 250 g/mol. The van der Waals surface area contributed by atoms with Gasteiger partial charge in [0.1, 0.15) is 24.4 Å². The van der Waals surface area contributed by atoms with E-state index >= 15 is 0 Å². The molecular formula is C14H18O4. The first-order valence-electron chi connectivity index (χ1n) is 5.96. The summed E-state index contributed by atoms with van der Waals surface area (Å²) in [5.41, 5.74) is 1.74. The average molecular weight is 250 g/mol. The summed E-state index contributed by atoms with van der Waals surface area (Å²) in [4.78, 5) is 0. The molecule has 0 bridgehead atoms. The van der Waals surface area contributed by atoms with Crippen LogP contribution < -0.4 is 0 Å². The quantitative estimate of drug-likeness (QED) is 0.728. The van der Waals surface area contributed by atoms with Gasteiger partial charge in [-0.15, -0.1) is 0 Å². The van der Waals surface area contributed by atoms with Gasteiger partial charge in [0.2, 0.25) is 0 Å². The van der Waals surface area contributed by atoms with Crippen molar-refractivity contribution in [3.8, 4) is 0 Å². The van der Waals surface area contributed by atoms with Crippen molar-refractivity contribution in [1.29, 1.82) is 0 Å². The van der Waals surface area contributed by atoms with Crippen LogP contribution in [-0.4, -0.2) is 39.7 Å². The summed E-state index contributed by atoms with van der Waals surface area (Å²) >= 11 is 0. The van der Waals surface area contributed by atoms with Crippen LogP contribution in [0.2, 0.25) is 0 Å². The lowest BCUT2D eigenvalue weighted by Gasteiger charge is -2.39. The molecule has 18 heavy (non-hydrogen) atoms. The summed E-state index contributed by atoms with van der Waals surface area (Å²) in [5.74, 6) is 0. The molecular weight excluding hydrogens is 232 g/mol. The Morgan fingerprint density at radius 2 is 1.67 bits per heavy atom. The third-order valence-electron chi connectivity index (χ3n) is 3.35. The summed E-state index contributed by atoms with van der Waals surface area (Å²) < 4.78 is 5.55. The maximum Gasteiger partial charge on any atom is 0.113 e. The molecule has 1 fully saturated rings. The Labute approximate surface area is 106 Å². The number of hydrogen-bond donors (Lipinski definition) is 3. The molecule has 0 amide bonds. The van der Waals surface area contributed by atoms with Crippen molar-refractivity contribution in [2.75, 3.05) is 0 Å². The van der Waals surface area contributed by atoms with Gasteiger partial charge < -0.3 is 20.1 Å². The Hall–Kier alpha value is -1.20. The molecule has 0 saturated carbocycles. The molecule has 1 heterocycles. The zero-order valence-corrected chi connectivity index (χ0v) is 10.2. The van der Waals surface area contributed by atoms with Crippen molar-refractivity contribution < 1.29 is 20.1 Å². The van der Waals surface area contributed by atoms with Crippen LogP contribution in [0.1, 0.15) is 24.2 Å². The number of aliphatic hydroxyl groups excluding tert-OH is 3. The van der Waals surface area contributed by atoms with Gasteiger partial charge in [0.05, 0.1) is 6.10 Å².